The minimum atomic E-state index is -0.00650. The van der Waals surface area contributed by atoms with Crippen molar-refractivity contribution in [3.8, 4) is 11.5 Å². The molecule has 1 aromatic carbocycles. The molecule has 0 fully saturated rings. The van der Waals surface area contributed by atoms with Gasteiger partial charge in [0.1, 0.15) is 0 Å². The molecule has 0 spiro atoms. The molecule has 0 atom stereocenters. The number of hydrogen-bond acceptors (Lipinski definition) is 5. The van der Waals surface area contributed by atoms with E-state index < -0.39 is 0 Å². The number of benzene rings is 1. The zero-order valence-electron chi connectivity index (χ0n) is 15.6. The minimum absolute atomic E-state index is 0.00650. The average Bonchev–Trinajstić information content (AvgIpc) is 3.06. The van der Waals surface area contributed by atoms with Crippen molar-refractivity contribution in [2.24, 2.45) is 0 Å². The second kappa shape index (κ2) is 8.52. The normalized spacial score (nSPS) is 11.8. The first-order chi connectivity index (χ1) is 11.8. The lowest BCUT2D eigenvalue weighted by Crippen LogP contribution is -2.34. The van der Waals surface area contributed by atoms with Crippen LogP contribution in [-0.4, -0.2) is 27.9 Å². The van der Waals surface area contributed by atoms with Gasteiger partial charge in [-0.25, -0.2) is 0 Å². The number of carbonyl (C=O) groups excluding carboxylic acids is 1. The van der Waals surface area contributed by atoms with Crippen molar-refractivity contribution in [3.05, 3.63) is 29.8 Å². The van der Waals surface area contributed by atoms with Crippen molar-refractivity contribution in [1.29, 1.82) is 0 Å². The molecule has 1 amide bonds. The smallest absolute Gasteiger partial charge is 0.277 e. The van der Waals surface area contributed by atoms with Crippen molar-refractivity contribution in [3.63, 3.8) is 0 Å². The lowest BCUT2D eigenvalue weighted by molar-refractivity contribution is -0.119. The van der Waals surface area contributed by atoms with Gasteiger partial charge in [0, 0.05) is 11.6 Å². The van der Waals surface area contributed by atoms with Crippen molar-refractivity contribution in [1.82, 2.24) is 15.5 Å². The number of nitrogens with one attached hydrogen (secondary N) is 1. The van der Waals surface area contributed by atoms with Gasteiger partial charge in [0.25, 0.3) is 5.22 Å². The summed E-state index contributed by atoms with van der Waals surface area (Å²) < 4.78 is 5.66. The van der Waals surface area contributed by atoms with Crippen LogP contribution in [0.3, 0.4) is 0 Å². The molecule has 0 aliphatic rings. The molecular weight excluding hydrogens is 334 g/mol. The Balaban J connectivity index is 1.95. The summed E-state index contributed by atoms with van der Waals surface area (Å²) in [5.74, 6) is 0.748. The topological polar surface area (TPSA) is 68.0 Å². The number of carbonyl (C=O) groups is 1. The zero-order chi connectivity index (χ0) is 18.4. The van der Waals surface area contributed by atoms with E-state index >= 15 is 0 Å². The first-order valence-corrected chi connectivity index (χ1v) is 9.68. The highest BCUT2D eigenvalue weighted by Crippen LogP contribution is 2.27. The van der Waals surface area contributed by atoms with Crippen LogP contribution in [0.2, 0.25) is 0 Å². The van der Waals surface area contributed by atoms with E-state index in [2.05, 4.69) is 62.3 Å². The maximum Gasteiger partial charge on any atom is 0.277 e. The SMILES string of the molecule is CCC(CC)NC(=O)CSc1nnc(-c2ccc(C(C)(C)C)cc2)o1. The Bertz CT molecular complexity index is 685. The molecule has 1 aromatic heterocycles. The molecule has 1 heterocycles. The summed E-state index contributed by atoms with van der Waals surface area (Å²) in [6, 6.07) is 8.36. The van der Waals surface area contributed by atoms with E-state index in [1.807, 2.05) is 12.1 Å². The van der Waals surface area contributed by atoms with E-state index in [0.29, 0.717) is 11.1 Å². The van der Waals surface area contributed by atoms with Crippen LogP contribution in [0.5, 0.6) is 0 Å². The van der Waals surface area contributed by atoms with Crippen LogP contribution in [-0.2, 0) is 10.2 Å². The van der Waals surface area contributed by atoms with E-state index in [9.17, 15) is 4.79 Å². The fourth-order valence-electron chi connectivity index (χ4n) is 2.39. The van der Waals surface area contributed by atoms with Crippen LogP contribution in [0.15, 0.2) is 33.9 Å². The molecule has 2 rings (SSSR count). The van der Waals surface area contributed by atoms with E-state index in [1.165, 1.54) is 17.3 Å². The summed E-state index contributed by atoms with van der Waals surface area (Å²) in [6.45, 7) is 10.7. The minimum Gasteiger partial charge on any atom is -0.411 e. The molecule has 25 heavy (non-hydrogen) atoms. The fraction of sp³-hybridized carbons (Fsp3) is 0.526. The third-order valence-corrected chi connectivity index (χ3v) is 4.90. The molecule has 0 aliphatic heterocycles. The Hall–Kier alpha value is -1.82. The zero-order valence-corrected chi connectivity index (χ0v) is 16.4. The quantitative estimate of drug-likeness (QED) is 0.739. The molecule has 0 saturated heterocycles. The molecule has 5 nitrogen and oxygen atoms in total. The van der Waals surface area contributed by atoms with Crippen molar-refractivity contribution < 1.29 is 9.21 Å². The van der Waals surface area contributed by atoms with Crippen molar-refractivity contribution in [2.75, 3.05) is 5.75 Å². The lowest BCUT2D eigenvalue weighted by atomic mass is 9.87. The third kappa shape index (κ3) is 5.59. The molecule has 136 valence electrons. The predicted molar refractivity (Wildman–Crippen MR) is 102 cm³/mol. The Labute approximate surface area is 154 Å². The van der Waals surface area contributed by atoms with Gasteiger partial charge in [-0.15, -0.1) is 10.2 Å². The second-order valence-corrected chi connectivity index (χ2v) is 8.00. The Morgan fingerprint density at radius 2 is 1.80 bits per heavy atom. The van der Waals surface area contributed by atoms with Crippen LogP contribution >= 0.6 is 11.8 Å². The van der Waals surface area contributed by atoms with Gasteiger partial charge in [-0.2, -0.15) is 0 Å². The Morgan fingerprint density at radius 3 is 2.36 bits per heavy atom. The molecule has 0 saturated carbocycles. The monoisotopic (exact) mass is 361 g/mol. The highest BCUT2D eigenvalue weighted by Gasteiger charge is 2.16. The second-order valence-electron chi connectivity index (χ2n) is 7.07. The number of rotatable bonds is 7. The van der Waals surface area contributed by atoms with E-state index in [-0.39, 0.29) is 23.1 Å². The van der Waals surface area contributed by atoms with E-state index in [0.717, 1.165) is 18.4 Å². The van der Waals surface area contributed by atoms with Gasteiger partial charge in [-0.05, 0) is 36.0 Å². The maximum absolute atomic E-state index is 11.9. The molecule has 1 N–H and O–H groups in total. The molecule has 0 radical (unpaired) electrons. The van der Waals surface area contributed by atoms with Gasteiger partial charge in [0.2, 0.25) is 11.8 Å². The fourth-order valence-corrected chi connectivity index (χ4v) is 2.96. The van der Waals surface area contributed by atoms with Crippen molar-refractivity contribution in [2.45, 2.75) is 64.1 Å². The summed E-state index contributed by atoms with van der Waals surface area (Å²) in [4.78, 5) is 11.9. The van der Waals surface area contributed by atoms with Crippen LogP contribution in [0, 0.1) is 0 Å². The largest absolute Gasteiger partial charge is 0.411 e. The first-order valence-electron chi connectivity index (χ1n) is 8.70. The summed E-state index contributed by atoms with van der Waals surface area (Å²) in [6.07, 6.45) is 1.87. The first kappa shape index (κ1) is 19.5. The molecule has 0 bridgehead atoms. The number of aromatic nitrogens is 2. The van der Waals surface area contributed by atoms with Crippen LogP contribution in [0.4, 0.5) is 0 Å². The number of amides is 1. The van der Waals surface area contributed by atoms with Gasteiger partial charge in [-0.1, -0.05) is 58.5 Å². The summed E-state index contributed by atoms with van der Waals surface area (Å²) in [7, 11) is 0. The number of hydrogen-bond donors (Lipinski definition) is 1. The summed E-state index contributed by atoms with van der Waals surface area (Å²) in [5, 5.41) is 11.5. The molecule has 2 aromatic rings. The van der Waals surface area contributed by atoms with E-state index in [4.69, 9.17) is 4.42 Å². The third-order valence-electron chi connectivity index (χ3n) is 4.08. The van der Waals surface area contributed by atoms with Gasteiger partial charge in [-0.3, -0.25) is 4.79 Å². The predicted octanol–water partition coefficient (Wildman–Crippen LogP) is 4.43. The highest BCUT2D eigenvalue weighted by atomic mass is 32.2. The standard InChI is InChI=1S/C19H27N3O2S/c1-6-15(7-2)20-16(23)12-25-18-22-21-17(24-18)13-8-10-14(11-9-13)19(3,4)5/h8-11,15H,6-7,12H2,1-5H3,(H,20,23). The Kier molecular flexibility index (Phi) is 6.64. The molecule has 0 aliphatic carbocycles. The van der Waals surface area contributed by atoms with Crippen LogP contribution < -0.4 is 5.32 Å². The van der Waals surface area contributed by atoms with E-state index in [1.54, 1.807) is 0 Å². The molecule has 0 unspecified atom stereocenters. The highest BCUT2D eigenvalue weighted by molar-refractivity contribution is 7.99. The number of nitrogens with zero attached hydrogens (tertiary/aromatic N) is 2. The average molecular weight is 362 g/mol. The maximum atomic E-state index is 11.9. The van der Waals surface area contributed by atoms with Crippen LogP contribution in [0.1, 0.15) is 53.0 Å². The van der Waals surface area contributed by atoms with Gasteiger partial charge in [0.15, 0.2) is 0 Å². The van der Waals surface area contributed by atoms with Gasteiger partial charge in [0.05, 0.1) is 5.75 Å². The van der Waals surface area contributed by atoms with Gasteiger partial charge < -0.3 is 9.73 Å². The Morgan fingerprint density at radius 1 is 1.16 bits per heavy atom. The molecule has 6 heteroatoms. The molecular formula is C19H27N3O2S. The van der Waals surface area contributed by atoms with Gasteiger partial charge >= 0.3 is 0 Å². The number of thioether (sulfide) groups is 1. The lowest BCUT2D eigenvalue weighted by Gasteiger charge is -2.18. The van der Waals surface area contributed by atoms with Crippen molar-refractivity contribution >= 4 is 17.7 Å². The summed E-state index contributed by atoms with van der Waals surface area (Å²) in [5.41, 5.74) is 2.24. The van der Waals surface area contributed by atoms with Crippen LogP contribution in [0.25, 0.3) is 11.5 Å². The summed E-state index contributed by atoms with van der Waals surface area (Å²) >= 11 is 1.26.